The molecule has 7 heteroatoms. The maximum absolute atomic E-state index is 11.6. The third-order valence-electron chi connectivity index (χ3n) is 7.72. The fourth-order valence-corrected chi connectivity index (χ4v) is 5.92. The molecule has 2 bridgehead atoms. The molecule has 5 rings (SSSR count). The van der Waals surface area contributed by atoms with Crippen molar-refractivity contribution in [2.45, 2.75) is 89.9 Å². The van der Waals surface area contributed by atoms with Gasteiger partial charge in [-0.05, 0) is 58.0 Å². The molecule has 5 fully saturated rings. The smallest absolute Gasteiger partial charge is 0.201 e. The van der Waals surface area contributed by atoms with Crippen LogP contribution in [-0.2, 0) is 24.0 Å². The molecule has 0 aromatic heterocycles. The molecule has 162 valence electrons. The van der Waals surface area contributed by atoms with Gasteiger partial charge < -0.3 is 24.2 Å². The summed E-state index contributed by atoms with van der Waals surface area (Å²) < 4.78 is 18.7. The Balaban J connectivity index is 1.59. The van der Waals surface area contributed by atoms with Crippen molar-refractivity contribution in [2.24, 2.45) is 17.8 Å². The van der Waals surface area contributed by atoms with Gasteiger partial charge in [0.25, 0.3) is 0 Å². The SMILES string of the molecule is CCN(CC)CCO[C@@H]1O[C@@H]2O[C@@]3(C)CC[C@H]4[C@H](C)CC[C@@H]([C@]1(C)O)[C@@]24OO3. The number of hydrogen-bond acceptors (Lipinski definition) is 7. The minimum Gasteiger partial charge on any atom is -0.384 e. The lowest BCUT2D eigenvalue weighted by Gasteiger charge is -2.62. The van der Waals surface area contributed by atoms with E-state index in [1.54, 1.807) is 0 Å². The monoisotopic (exact) mass is 399 g/mol. The summed E-state index contributed by atoms with van der Waals surface area (Å²) in [7, 11) is 0. The Kier molecular flexibility index (Phi) is 5.58. The number of fused-ring (bicyclic) bond motifs is 2. The van der Waals surface area contributed by atoms with E-state index in [0.717, 1.165) is 45.3 Å². The molecule has 4 saturated heterocycles. The summed E-state index contributed by atoms with van der Waals surface area (Å²) in [5, 5.41) is 11.6. The highest BCUT2D eigenvalue weighted by Crippen LogP contribution is 2.61. The Morgan fingerprint density at radius 1 is 1.11 bits per heavy atom. The van der Waals surface area contributed by atoms with E-state index in [1.807, 2.05) is 13.8 Å². The van der Waals surface area contributed by atoms with Crippen LogP contribution in [-0.4, -0.2) is 65.8 Å². The third kappa shape index (κ3) is 3.14. The molecule has 5 aliphatic rings. The molecule has 4 aliphatic heterocycles. The van der Waals surface area contributed by atoms with Gasteiger partial charge in [0.2, 0.25) is 5.79 Å². The van der Waals surface area contributed by atoms with Crippen LogP contribution in [0.2, 0.25) is 0 Å². The Morgan fingerprint density at radius 2 is 1.86 bits per heavy atom. The van der Waals surface area contributed by atoms with Crippen LogP contribution in [0.3, 0.4) is 0 Å². The van der Waals surface area contributed by atoms with Crippen molar-refractivity contribution in [3.05, 3.63) is 0 Å². The lowest BCUT2D eigenvalue weighted by Crippen LogP contribution is -2.75. The van der Waals surface area contributed by atoms with Crippen molar-refractivity contribution < 1.29 is 29.1 Å². The second kappa shape index (κ2) is 7.45. The predicted octanol–water partition coefficient (Wildman–Crippen LogP) is 2.67. The first kappa shape index (κ1) is 21.0. The van der Waals surface area contributed by atoms with Crippen LogP contribution < -0.4 is 0 Å². The number of likely N-dealkylation sites (N-methyl/N-ethyl adjacent to an activating group) is 1. The van der Waals surface area contributed by atoms with E-state index >= 15 is 0 Å². The Morgan fingerprint density at radius 3 is 2.57 bits per heavy atom. The standard InChI is InChI=1S/C21H37NO6/c1-6-22(7-2)12-13-24-17-20(5,23)16-9-8-14(3)15-10-11-19(4)26-18(25-17)21(15,16)28-27-19/h14-18,23H,6-13H2,1-5H3/t14-,15+,16+,17-,18-,19-,20+,21-/m1/s1. The fraction of sp³-hybridized carbons (Fsp3) is 1.00. The number of nitrogens with zero attached hydrogens (tertiary/aromatic N) is 1. The molecular weight excluding hydrogens is 362 g/mol. The molecule has 0 radical (unpaired) electrons. The van der Waals surface area contributed by atoms with E-state index in [-0.39, 0.29) is 11.8 Å². The summed E-state index contributed by atoms with van der Waals surface area (Å²) in [6, 6.07) is 0. The molecule has 0 amide bonds. The lowest BCUT2D eigenvalue weighted by molar-refractivity contribution is -0.584. The molecular formula is C21H37NO6. The molecule has 8 atom stereocenters. The van der Waals surface area contributed by atoms with Gasteiger partial charge in [0.05, 0.1) is 6.61 Å². The highest BCUT2D eigenvalue weighted by molar-refractivity contribution is 5.13. The molecule has 0 unspecified atom stereocenters. The van der Waals surface area contributed by atoms with Gasteiger partial charge in [-0.25, -0.2) is 9.78 Å². The molecule has 28 heavy (non-hydrogen) atoms. The molecule has 0 aromatic rings. The molecule has 7 nitrogen and oxygen atoms in total. The molecule has 0 aromatic carbocycles. The van der Waals surface area contributed by atoms with Crippen molar-refractivity contribution in [3.63, 3.8) is 0 Å². The minimum atomic E-state index is -1.18. The predicted molar refractivity (Wildman–Crippen MR) is 102 cm³/mol. The Hall–Kier alpha value is -0.280. The topological polar surface area (TPSA) is 69.6 Å². The van der Waals surface area contributed by atoms with Crippen LogP contribution in [0.5, 0.6) is 0 Å². The minimum absolute atomic E-state index is 0.166. The van der Waals surface area contributed by atoms with Crippen LogP contribution in [0.1, 0.15) is 60.3 Å². The normalized spacial score (nSPS) is 50.5. The molecule has 1 N–H and O–H groups in total. The number of hydrogen-bond donors (Lipinski definition) is 1. The number of rotatable bonds is 6. The Labute approximate surface area is 168 Å². The Bertz CT molecular complexity index is 569. The van der Waals surface area contributed by atoms with Gasteiger partial charge in [-0.3, -0.25) is 0 Å². The summed E-state index contributed by atoms with van der Waals surface area (Å²) in [6.45, 7) is 13.5. The van der Waals surface area contributed by atoms with Gasteiger partial charge in [-0.2, -0.15) is 0 Å². The zero-order chi connectivity index (χ0) is 20.2. The quantitative estimate of drug-likeness (QED) is 0.689. The van der Waals surface area contributed by atoms with E-state index in [2.05, 4.69) is 25.7 Å². The maximum atomic E-state index is 11.6. The second-order valence-electron chi connectivity index (χ2n) is 9.45. The van der Waals surface area contributed by atoms with E-state index < -0.39 is 29.6 Å². The molecule has 1 saturated carbocycles. The zero-order valence-electron chi connectivity index (χ0n) is 18.0. The van der Waals surface area contributed by atoms with Gasteiger partial charge in [0.1, 0.15) is 5.60 Å². The summed E-state index contributed by atoms with van der Waals surface area (Å²) in [5.74, 6) is -0.289. The highest BCUT2D eigenvalue weighted by atomic mass is 17.3. The largest absolute Gasteiger partial charge is 0.384 e. The summed E-state index contributed by atoms with van der Waals surface area (Å²) >= 11 is 0. The number of ether oxygens (including phenoxy) is 3. The van der Waals surface area contributed by atoms with E-state index in [4.69, 9.17) is 24.0 Å². The van der Waals surface area contributed by atoms with Crippen molar-refractivity contribution in [1.29, 1.82) is 0 Å². The maximum Gasteiger partial charge on any atom is 0.201 e. The zero-order valence-corrected chi connectivity index (χ0v) is 18.0. The fourth-order valence-electron chi connectivity index (χ4n) is 5.92. The molecule has 1 aliphatic carbocycles. The van der Waals surface area contributed by atoms with E-state index in [9.17, 15) is 5.11 Å². The van der Waals surface area contributed by atoms with Gasteiger partial charge >= 0.3 is 0 Å². The summed E-state index contributed by atoms with van der Waals surface area (Å²) in [5.41, 5.74) is -1.96. The van der Waals surface area contributed by atoms with Crippen LogP contribution in [0.4, 0.5) is 0 Å². The second-order valence-corrected chi connectivity index (χ2v) is 9.45. The average molecular weight is 400 g/mol. The van der Waals surface area contributed by atoms with Crippen LogP contribution in [0.15, 0.2) is 0 Å². The van der Waals surface area contributed by atoms with E-state index in [1.165, 1.54) is 0 Å². The van der Waals surface area contributed by atoms with Crippen LogP contribution >= 0.6 is 0 Å². The first-order valence-corrected chi connectivity index (χ1v) is 11.0. The van der Waals surface area contributed by atoms with Crippen molar-refractivity contribution in [3.8, 4) is 0 Å². The number of aliphatic hydroxyl groups is 1. The van der Waals surface area contributed by atoms with Crippen molar-refractivity contribution in [1.82, 2.24) is 4.90 Å². The lowest BCUT2D eigenvalue weighted by atomic mass is 9.57. The first-order chi connectivity index (χ1) is 13.3. The third-order valence-corrected chi connectivity index (χ3v) is 7.72. The van der Waals surface area contributed by atoms with Crippen LogP contribution in [0.25, 0.3) is 0 Å². The first-order valence-electron chi connectivity index (χ1n) is 11.0. The van der Waals surface area contributed by atoms with Crippen molar-refractivity contribution >= 4 is 0 Å². The van der Waals surface area contributed by atoms with Crippen molar-refractivity contribution in [2.75, 3.05) is 26.2 Å². The van der Waals surface area contributed by atoms with Gasteiger partial charge in [0, 0.05) is 18.9 Å². The van der Waals surface area contributed by atoms with Crippen LogP contribution in [0, 0.1) is 17.8 Å². The van der Waals surface area contributed by atoms with Gasteiger partial charge in [-0.1, -0.05) is 20.8 Å². The molecule has 1 spiro atoms. The average Bonchev–Trinajstić information content (AvgIpc) is 2.89. The highest BCUT2D eigenvalue weighted by Gasteiger charge is 2.73. The van der Waals surface area contributed by atoms with Gasteiger partial charge in [-0.15, -0.1) is 0 Å². The molecule has 4 heterocycles. The van der Waals surface area contributed by atoms with E-state index in [0.29, 0.717) is 12.5 Å². The summed E-state index contributed by atoms with van der Waals surface area (Å²) in [4.78, 5) is 14.2. The van der Waals surface area contributed by atoms with Gasteiger partial charge in [0.15, 0.2) is 18.2 Å². The summed E-state index contributed by atoms with van der Waals surface area (Å²) in [6.07, 6.45) is 2.24.